The number of ether oxygens (including phenoxy) is 1. The number of guanidine groups is 1. The Morgan fingerprint density at radius 3 is 2.52 bits per heavy atom. The maximum absolute atomic E-state index is 6.26. The summed E-state index contributed by atoms with van der Waals surface area (Å²) in [7, 11) is 0. The van der Waals surface area contributed by atoms with Crippen molar-refractivity contribution in [1.29, 1.82) is 0 Å². The number of halogens is 1. The van der Waals surface area contributed by atoms with E-state index in [2.05, 4.69) is 51.8 Å². The molecular weight excluding hydrogens is 446 g/mol. The number of aliphatic imine (C=N–C) groups is 1. The highest BCUT2D eigenvalue weighted by Crippen LogP contribution is 2.40. The molecule has 1 aliphatic heterocycles. The highest BCUT2D eigenvalue weighted by molar-refractivity contribution is 7.98. The molecule has 2 N–H and O–H groups in total. The van der Waals surface area contributed by atoms with Crippen LogP contribution in [0.15, 0.2) is 94.1 Å². The Morgan fingerprint density at radius 1 is 0.871 bits per heavy atom. The van der Waals surface area contributed by atoms with Crippen molar-refractivity contribution in [2.24, 2.45) is 4.99 Å². The van der Waals surface area contributed by atoms with E-state index in [9.17, 15) is 0 Å². The first-order valence-electron chi connectivity index (χ1n) is 9.69. The number of anilines is 1. The number of rotatable bonds is 5. The predicted octanol–water partition coefficient (Wildman–Crippen LogP) is 7.44. The zero-order valence-electron chi connectivity index (χ0n) is 16.3. The fraction of sp³-hybridized carbons (Fsp3) is 0.0417. The van der Waals surface area contributed by atoms with Crippen LogP contribution in [-0.4, -0.2) is 5.96 Å². The van der Waals surface area contributed by atoms with Gasteiger partial charge >= 0.3 is 0 Å². The number of hydrogen-bond acceptors (Lipinski definition) is 4. The van der Waals surface area contributed by atoms with Crippen LogP contribution in [0.4, 0.5) is 5.69 Å². The van der Waals surface area contributed by atoms with E-state index in [1.165, 1.54) is 22.4 Å². The summed E-state index contributed by atoms with van der Waals surface area (Å²) in [5, 5.41) is 6.02. The van der Waals surface area contributed by atoms with Crippen LogP contribution in [0.3, 0.4) is 0 Å². The number of para-hydroxylation sites is 2. The lowest BCUT2D eigenvalue weighted by molar-refractivity contribution is 0.484. The zero-order chi connectivity index (χ0) is 21.0. The minimum atomic E-state index is 0.571. The first-order valence-corrected chi connectivity index (χ1v) is 11.8. The van der Waals surface area contributed by atoms with E-state index in [1.807, 2.05) is 42.5 Å². The van der Waals surface area contributed by atoms with Crippen LogP contribution in [0.25, 0.3) is 10.4 Å². The molecule has 0 saturated carbocycles. The van der Waals surface area contributed by atoms with Gasteiger partial charge in [-0.25, -0.2) is 4.99 Å². The van der Waals surface area contributed by atoms with Crippen molar-refractivity contribution < 1.29 is 4.74 Å². The van der Waals surface area contributed by atoms with Crippen molar-refractivity contribution in [1.82, 2.24) is 4.72 Å². The van der Waals surface area contributed by atoms with Crippen molar-refractivity contribution in [2.75, 3.05) is 5.32 Å². The molecule has 1 aliphatic rings. The Morgan fingerprint density at radius 2 is 1.71 bits per heavy atom. The number of benzene rings is 3. The first kappa shape index (κ1) is 20.0. The number of thiophene rings is 1. The topological polar surface area (TPSA) is 45.6 Å². The normalized spacial score (nSPS) is 13.9. The first-order chi connectivity index (χ1) is 15.3. The van der Waals surface area contributed by atoms with Gasteiger partial charge in [0.05, 0.1) is 22.2 Å². The largest absolute Gasteiger partial charge is 0.454 e. The van der Waals surface area contributed by atoms with Gasteiger partial charge in [0, 0.05) is 4.88 Å². The molecule has 1 aromatic heterocycles. The summed E-state index contributed by atoms with van der Waals surface area (Å²) in [6.45, 7) is 0.573. The summed E-state index contributed by atoms with van der Waals surface area (Å²) in [4.78, 5) is 7.01. The third kappa shape index (κ3) is 4.56. The van der Waals surface area contributed by atoms with Crippen molar-refractivity contribution in [3.8, 4) is 21.9 Å². The lowest BCUT2D eigenvalue weighted by Gasteiger charge is -2.23. The third-order valence-electron chi connectivity index (χ3n) is 4.73. The van der Waals surface area contributed by atoms with E-state index >= 15 is 0 Å². The summed E-state index contributed by atoms with van der Waals surface area (Å²) in [5.41, 5.74) is 3.25. The molecule has 0 spiro atoms. The Balaban J connectivity index is 1.32. The van der Waals surface area contributed by atoms with Gasteiger partial charge in [-0.05, 0) is 58.8 Å². The number of nitrogens with zero attached hydrogens (tertiary/aromatic N) is 1. The van der Waals surface area contributed by atoms with Gasteiger partial charge in [0.1, 0.15) is 5.75 Å². The van der Waals surface area contributed by atoms with Crippen LogP contribution in [-0.2, 0) is 6.54 Å². The van der Waals surface area contributed by atoms with Crippen LogP contribution >= 0.6 is 34.9 Å². The zero-order valence-corrected chi connectivity index (χ0v) is 18.7. The number of hydrogen-bond donors (Lipinski definition) is 2. The minimum absolute atomic E-state index is 0.571. The molecule has 0 amide bonds. The second-order valence-electron chi connectivity index (χ2n) is 6.83. The van der Waals surface area contributed by atoms with Crippen LogP contribution in [0.5, 0.6) is 11.5 Å². The summed E-state index contributed by atoms with van der Waals surface area (Å²) in [6, 6.07) is 26.1. The SMILES string of the molecule is Clc1ccccc1Oc1cccc2c1NC(=NCc1ccc(-c3cccs3)cc1)NS2. The molecule has 0 saturated heterocycles. The van der Waals surface area contributed by atoms with Crippen molar-refractivity contribution in [2.45, 2.75) is 11.4 Å². The molecule has 154 valence electrons. The van der Waals surface area contributed by atoms with Crippen LogP contribution in [0, 0.1) is 0 Å². The fourth-order valence-electron chi connectivity index (χ4n) is 3.16. The van der Waals surface area contributed by atoms with E-state index < -0.39 is 0 Å². The average molecular weight is 464 g/mol. The molecule has 0 atom stereocenters. The van der Waals surface area contributed by atoms with Gasteiger partial charge in [0.25, 0.3) is 0 Å². The summed E-state index contributed by atoms with van der Waals surface area (Å²) < 4.78 is 9.34. The summed E-state index contributed by atoms with van der Waals surface area (Å²) in [5.74, 6) is 2.01. The molecule has 0 aliphatic carbocycles. The Hall–Kier alpha value is -2.93. The number of nitrogens with one attached hydrogen (secondary N) is 2. The molecule has 31 heavy (non-hydrogen) atoms. The van der Waals surface area contributed by atoms with Crippen molar-refractivity contribution >= 4 is 46.5 Å². The standard InChI is InChI=1S/C24H18ClN3OS2/c25-18-5-1-2-6-19(18)29-20-7-3-8-22-23(20)27-24(28-31-22)26-15-16-10-12-17(13-11-16)21-9-4-14-30-21/h1-14H,15H2,(H2,26,27,28). The smallest absolute Gasteiger partial charge is 0.206 e. The van der Waals surface area contributed by atoms with Crippen LogP contribution in [0.2, 0.25) is 5.02 Å². The molecule has 4 aromatic rings. The molecule has 0 fully saturated rings. The van der Waals surface area contributed by atoms with Gasteiger partial charge in [-0.3, -0.25) is 4.72 Å². The number of fused-ring (bicyclic) bond motifs is 1. The van der Waals surface area contributed by atoms with E-state index in [1.54, 1.807) is 11.3 Å². The molecule has 3 aromatic carbocycles. The van der Waals surface area contributed by atoms with E-state index in [0.29, 0.717) is 29.0 Å². The molecule has 5 rings (SSSR count). The van der Waals surface area contributed by atoms with Gasteiger partial charge < -0.3 is 10.1 Å². The maximum atomic E-state index is 6.26. The molecule has 0 radical (unpaired) electrons. The highest BCUT2D eigenvalue weighted by atomic mass is 35.5. The maximum Gasteiger partial charge on any atom is 0.206 e. The lowest BCUT2D eigenvalue weighted by Crippen LogP contribution is -2.29. The predicted molar refractivity (Wildman–Crippen MR) is 131 cm³/mol. The highest BCUT2D eigenvalue weighted by Gasteiger charge is 2.19. The second kappa shape index (κ2) is 9.06. The van der Waals surface area contributed by atoms with Gasteiger partial charge in [0.2, 0.25) is 5.96 Å². The Labute approximate surface area is 194 Å². The molecule has 4 nitrogen and oxygen atoms in total. The minimum Gasteiger partial charge on any atom is -0.454 e. The third-order valence-corrected chi connectivity index (χ3v) is 6.81. The molecule has 0 unspecified atom stereocenters. The summed E-state index contributed by atoms with van der Waals surface area (Å²) >= 11 is 9.51. The van der Waals surface area contributed by atoms with Gasteiger partial charge in [-0.15, -0.1) is 11.3 Å². The van der Waals surface area contributed by atoms with Gasteiger partial charge in [0.15, 0.2) is 5.75 Å². The molecule has 0 bridgehead atoms. The van der Waals surface area contributed by atoms with Crippen LogP contribution < -0.4 is 14.8 Å². The van der Waals surface area contributed by atoms with Crippen LogP contribution in [0.1, 0.15) is 5.56 Å². The van der Waals surface area contributed by atoms with Gasteiger partial charge in [-0.1, -0.05) is 60.1 Å². The molecule has 2 heterocycles. The van der Waals surface area contributed by atoms with E-state index in [0.717, 1.165) is 16.1 Å². The fourth-order valence-corrected chi connectivity index (χ4v) is 4.79. The quantitative estimate of drug-likeness (QED) is 0.302. The lowest BCUT2D eigenvalue weighted by atomic mass is 10.1. The molecule has 7 heteroatoms. The van der Waals surface area contributed by atoms with Gasteiger partial charge in [-0.2, -0.15) is 0 Å². The molecular formula is C24H18ClN3OS2. The monoisotopic (exact) mass is 463 g/mol. The summed E-state index contributed by atoms with van der Waals surface area (Å²) in [6.07, 6.45) is 0. The van der Waals surface area contributed by atoms with Crippen molar-refractivity contribution in [3.05, 3.63) is 94.8 Å². The van der Waals surface area contributed by atoms with E-state index in [4.69, 9.17) is 21.3 Å². The second-order valence-corrected chi connectivity index (χ2v) is 9.03. The Kier molecular flexibility index (Phi) is 5.84. The average Bonchev–Trinajstić information content (AvgIpc) is 3.35. The van der Waals surface area contributed by atoms with E-state index in [-0.39, 0.29) is 0 Å². The van der Waals surface area contributed by atoms with Crippen molar-refractivity contribution in [3.63, 3.8) is 0 Å². The Bertz CT molecular complexity index is 1220.